The van der Waals surface area contributed by atoms with Gasteiger partial charge in [0, 0.05) is 28.7 Å². The maximum atomic E-state index is 11.3. The van der Waals surface area contributed by atoms with Crippen molar-refractivity contribution < 1.29 is 4.92 Å². The molecular weight excluding hydrogens is 254 g/mol. The molecule has 0 radical (unpaired) electrons. The van der Waals surface area contributed by atoms with Gasteiger partial charge in [-0.15, -0.1) is 0 Å². The van der Waals surface area contributed by atoms with Crippen molar-refractivity contribution in [1.29, 1.82) is 0 Å². The summed E-state index contributed by atoms with van der Waals surface area (Å²) in [5, 5.41) is 13.1. The van der Waals surface area contributed by atoms with Crippen LogP contribution in [0.15, 0.2) is 24.4 Å². The number of aryl methyl sites for hydroxylation is 2. The van der Waals surface area contributed by atoms with Crippen LogP contribution >= 0.6 is 0 Å². The molecule has 2 heterocycles. The lowest BCUT2D eigenvalue weighted by Gasteiger charge is -2.10. The van der Waals surface area contributed by atoms with Crippen molar-refractivity contribution in [3.05, 3.63) is 45.8 Å². The second-order valence-electron chi connectivity index (χ2n) is 5.26. The fraction of sp³-hybridized carbons (Fsp3) is 0.267. The van der Waals surface area contributed by atoms with E-state index in [9.17, 15) is 10.1 Å². The number of hydrogen-bond acceptors (Lipinski definition) is 3. The molecule has 2 aromatic heterocycles. The first-order valence-corrected chi connectivity index (χ1v) is 6.81. The molecule has 1 N–H and O–H groups in total. The molecule has 4 rings (SSSR count). The SMILES string of the molecule is O=[N+]([O-])c1cc2c3c([nH]c2c2cccnc12)CCCC3. The van der Waals surface area contributed by atoms with Crippen molar-refractivity contribution in [3.8, 4) is 0 Å². The largest absolute Gasteiger partial charge is 0.358 e. The molecule has 0 bridgehead atoms. The van der Waals surface area contributed by atoms with E-state index in [-0.39, 0.29) is 10.6 Å². The summed E-state index contributed by atoms with van der Waals surface area (Å²) in [5.74, 6) is 0. The molecule has 20 heavy (non-hydrogen) atoms. The summed E-state index contributed by atoms with van der Waals surface area (Å²) < 4.78 is 0. The second-order valence-corrected chi connectivity index (χ2v) is 5.26. The van der Waals surface area contributed by atoms with Crippen LogP contribution in [0.1, 0.15) is 24.1 Å². The van der Waals surface area contributed by atoms with Gasteiger partial charge in [-0.2, -0.15) is 0 Å². The van der Waals surface area contributed by atoms with Gasteiger partial charge in [0.15, 0.2) is 0 Å². The van der Waals surface area contributed by atoms with Gasteiger partial charge < -0.3 is 4.98 Å². The summed E-state index contributed by atoms with van der Waals surface area (Å²) in [6.07, 6.45) is 5.96. The molecule has 1 aliphatic carbocycles. The third-order valence-corrected chi connectivity index (χ3v) is 4.14. The van der Waals surface area contributed by atoms with E-state index in [0.717, 1.165) is 35.6 Å². The van der Waals surface area contributed by atoms with Gasteiger partial charge in [0.25, 0.3) is 5.69 Å². The number of aromatic amines is 1. The number of aromatic nitrogens is 2. The average Bonchev–Trinajstić information content (AvgIpc) is 2.85. The highest BCUT2D eigenvalue weighted by molar-refractivity contribution is 6.09. The first kappa shape index (κ1) is 11.4. The number of H-pyrrole nitrogens is 1. The molecule has 100 valence electrons. The topological polar surface area (TPSA) is 71.8 Å². The number of benzene rings is 1. The van der Waals surface area contributed by atoms with Crippen molar-refractivity contribution in [2.45, 2.75) is 25.7 Å². The zero-order valence-electron chi connectivity index (χ0n) is 10.8. The van der Waals surface area contributed by atoms with Crippen LogP contribution in [0.2, 0.25) is 0 Å². The summed E-state index contributed by atoms with van der Waals surface area (Å²) in [5.41, 5.74) is 4.03. The van der Waals surface area contributed by atoms with E-state index < -0.39 is 0 Å². The molecule has 0 fully saturated rings. The van der Waals surface area contributed by atoms with Crippen LogP contribution in [-0.4, -0.2) is 14.9 Å². The summed E-state index contributed by atoms with van der Waals surface area (Å²) in [4.78, 5) is 18.6. The normalized spacial score (nSPS) is 14.6. The minimum absolute atomic E-state index is 0.0977. The van der Waals surface area contributed by atoms with E-state index in [2.05, 4.69) is 9.97 Å². The van der Waals surface area contributed by atoms with Gasteiger partial charge >= 0.3 is 0 Å². The molecule has 0 aliphatic heterocycles. The highest BCUT2D eigenvalue weighted by atomic mass is 16.6. The first-order chi connectivity index (χ1) is 9.75. The van der Waals surface area contributed by atoms with E-state index in [1.165, 1.54) is 17.7 Å². The van der Waals surface area contributed by atoms with Gasteiger partial charge in [-0.25, -0.2) is 4.98 Å². The Morgan fingerprint density at radius 1 is 1.25 bits per heavy atom. The Labute approximate surface area is 114 Å². The number of nitrogens with one attached hydrogen (secondary N) is 1. The maximum Gasteiger partial charge on any atom is 0.296 e. The molecule has 0 unspecified atom stereocenters. The molecule has 5 nitrogen and oxygen atoms in total. The predicted octanol–water partition coefficient (Wildman–Crippen LogP) is 3.50. The van der Waals surface area contributed by atoms with Crippen LogP contribution in [-0.2, 0) is 12.8 Å². The number of non-ortho nitro benzene ring substituents is 1. The van der Waals surface area contributed by atoms with Gasteiger partial charge in [0.1, 0.15) is 5.52 Å². The molecule has 1 aromatic carbocycles. The zero-order chi connectivity index (χ0) is 13.7. The van der Waals surface area contributed by atoms with E-state index in [4.69, 9.17) is 0 Å². The van der Waals surface area contributed by atoms with Crippen molar-refractivity contribution in [3.63, 3.8) is 0 Å². The molecule has 0 saturated heterocycles. The fourth-order valence-corrected chi connectivity index (χ4v) is 3.24. The quantitative estimate of drug-likeness (QED) is 0.541. The van der Waals surface area contributed by atoms with Gasteiger partial charge in [0.05, 0.1) is 10.4 Å². The van der Waals surface area contributed by atoms with Gasteiger partial charge in [-0.1, -0.05) is 0 Å². The van der Waals surface area contributed by atoms with E-state index >= 15 is 0 Å². The molecule has 0 spiro atoms. The Hall–Kier alpha value is -2.43. The third kappa shape index (κ3) is 1.46. The monoisotopic (exact) mass is 267 g/mol. The lowest BCUT2D eigenvalue weighted by molar-refractivity contribution is -0.383. The summed E-state index contributed by atoms with van der Waals surface area (Å²) in [6.45, 7) is 0. The maximum absolute atomic E-state index is 11.3. The Bertz CT molecular complexity index is 851. The molecular formula is C15H13N3O2. The molecule has 0 saturated carbocycles. The van der Waals surface area contributed by atoms with Crippen LogP contribution in [0.25, 0.3) is 21.8 Å². The minimum atomic E-state index is -0.336. The molecule has 1 aliphatic rings. The van der Waals surface area contributed by atoms with E-state index in [0.29, 0.717) is 5.52 Å². The molecule has 5 heteroatoms. The Morgan fingerprint density at radius 3 is 2.95 bits per heavy atom. The number of fused-ring (bicyclic) bond motifs is 5. The smallest absolute Gasteiger partial charge is 0.296 e. The van der Waals surface area contributed by atoms with Gasteiger partial charge in [0.2, 0.25) is 0 Å². The highest BCUT2D eigenvalue weighted by Crippen LogP contribution is 2.36. The van der Waals surface area contributed by atoms with Crippen molar-refractivity contribution in [1.82, 2.24) is 9.97 Å². The minimum Gasteiger partial charge on any atom is -0.358 e. The Morgan fingerprint density at radius 2 is 2.10 bits per heavy atom. The number of pyridine rings is 1. The Balaban J connectivity index is 2.19. The van der Waals surface area contributed by atoms with Crippen LogP contribution in [0.5, 0.6) is 0 Å². The number of hydrogen-bond donors (Lipinski definition) is 1. The van der Waals surface area contributed by atoms with Crippen LogP contribution in [0, 0.1) is 10.1 Å². The predicted molar refractivity (Wildman–Crippen MR) is 76.9 cm³/mol. The average molecular weight is 267 g/mol. The van der Waals surface area contributed by atoms with Gasteiger partial charge in [-0.05, 0) is 43.4 Å². The summed E-state index contributed by atoms with van der Waals surface area (Å²) in [7, 11) is 0. The fourth-order valence-electron chi connectivity index (χ4n) is 3.24. The number of nitrogens with zero attached hydrogens (tertiary/aromatic N) is 2. The van der Waals surface area contributed by atoms with Crippen molar-refractivity contribution in [2.24, 2.45) is 0 Å². The van der Waals surface area contributed by atoms with Crippen molar-refractivity contribution in [2.75, 3.05) is 0 Å². The third-order valence-electron chi connectivity index (χ3n) is 4.14. The lowest BCUT2D eigenvalue weighted by Crippen LogP contribution is -2.00. The summed E-state index contributed by atoms with van der Waals surface area (Å²) >= 11 is 0. The van der Waals surface area contributed by atoms with E-state index in [1.54, 1.807) is 12.3 Å². The lowest BCUT2D eigenvalue weighted by atomic mass is 9.95. The van der Waals surface area contributed by atoms with Gasteiger partial charge in [-0.3, -0.25) is 10.1 Å². The molecule has 0 atom stereocenters. The van der Waals surface area contributed by atoms with Crippen LogP contribution in [0.3, 0.4) is 0 Å². The number of rotatable bonds is 1. The summed E-state index contributed by atoms with van der Waals surface area (Å²) in [6, 6.07) is 5.41. The highest BCUT2D eigenvalue weighted by Gasteiger charge is 2.22. The Kier molecular flexibility index (Phi) is 2.30. The van der Waals surface area contributed by atoms with Crippen LogP contribution in [0.4, 0.5) is 5.69 Å². The zero-order valence-corrected chi connectivity index (χ0v) is 10.8. The number of nitro groups is 1. The van der Waals surface area contributed by atoms with Crippen LogP contribution < -0.4 is 0 Å². The second kappa shape index (κ2) is 4.03. The van der Waals surface area contributed by atoms with Crippen molar-refractivity contribution >= 4 is 27.5 Å². The molecule has 0 amide bonds. The molecule has 3 aromatic rings. The number of nitro benzene ring substituents is 1. The van der Waals surface area contributed by atoms with E-state index in [1.807, 2.05) is 12.1 Å². The standard InChI is InChI=1S/C15H13N3O2/c19-18(20)13-8-11-9-4-1-2-6-12(9)17-14(11)10-5-3-7-16-15(10)13/h3,5,7-8,17H,1-2,4,6H2. The first-order valence-electron chi connectivity index (χ1n) is 6.81.